The molecule has 112 valence electrons. The van der Waals surface area contributed by atoms with Crippen molar-refractivity contribution in [2.75, 3.05) is 33.9 Å². The highest BCUT2D eigenvalue weighted by atomic mass is 79.9. The lowest BCUT2D eigenvalue weighted by Crippen LogP contribution is -2.37. The summed E-state index contributed by atoms with van der Waals surface area (Å²) in [6.45, 7) is 2.83. The van der Waals surface area contributed by atoms with Crippen LogP contribution in [0.3, 0.4) is 0 Å². The molecule has 1 saturated heterocycles. The summed E-state index contributed by atoms with van der Waals surface area (Å²) in [7, 11) is 3.31. The summed E-state index contributed by atoms with van der Waals surface area (Å²) in [5.41, 5.74) is 7.21. The molecule has 1 aliphatic rings. The molecule has 1 aromatic rings. The van der Waals surface area contributed by atoms with E-state index in [0.29, 0.717) is 6.54 Å². The van der Waals surface area contributed by atoms with Crippen molar-refractivity contribution in [2.45, 2.75) is 25.3 Å². The van der Waals surface area contributed by atoms with Crippen LogP contribution in [-0.4, -0.2) is 38.8 Å². The quantitative estimate of drug-likeness (QED) is 0.893. The van der Waals surface area contributed by atoms with E-state index in [4.69, 9.17) is 15.2 Å². The third kappa shape index (κ3) is 3.27. The summed E-state index contributed by atoms with van der Waals surface area (Å²) in [5.74, 6) is 1.48. The molecule has 1 aromatic carbocycles. The van der Waals surface area contributed by atoms with Gasteiger partial charge in [-0.1, -0.05) is 22.4 Å². The molecule has 0 radical (unpaired) electrons. The fourth-order valence-electron chi connectivity index (χ4n) is 2.83. The minimum Gasteiger partial charge on any atom is -0.493 e. The maximum Gasteiger partial charge on any atom is 0.161 e. The van der Waals surface area contributed by atoms with Gasteiger partial charge in [0.25, 0.3) is 0 Å². The molecule has 1 aliphatic heterocycles. The second kappa shape index (κ2) is 7.29. The van der Waals surface area contributed by atoms with E-state index in [9.17, 15) is 0 Å². The summed E-state index contributed by atoms with van der Waals surface area (Å²) in [5, 5.41) is 0. The number of hydrogen-bond donors (Lipinski definition) is 1. The van der Waals surface area contributed by atoms with Gasteiger partial charge in [0.15, 0.2) is 11.5 Å². The Morgan fingerprint density at radius 3 is 2.30 bits per heavy atom. The predicted molar refractivity (Wildman–Crippen MR) is 84.5 cm³/mol. The fraction of sp³-hybridized carbons (Fsp3) is 0.600. The molecule has 1 heterocycles. The van der Waals surface area contributed by atoms with Crippen molar-refractivity contribution < 1.29 is 9.47 Å². The first-order chi connectivity index (χ1) is 9.71. The number of halogens is 1. The van der Waals surface area contributed by atoms with Crippen LogP contribution in [0.2, 0.25) is 0 Å². The van der Waals surface area contributed by atoms with Gasteiger partial charge in [0.2, 0.25) is 0 Å². The van der Waals surface area contributed by atoms with Crippen molar-refractivity contribution in [2.24, 2.45) is 5.73 Å². The van der Waals surface area contributed by atoms with Gasteiger partial charge < -0.3 is 15.2 Å². The van der Waals surface area contributed by atoms with E-state index in [0.717, 1.165) is 29.1 Å². The van der Waals surface area contributed by atoms with E-state index in [-0.39, 0.29) is 6.04 Å². The number of piperidine rings is 1. The number of benzene rings is 1. The van der Waals surface area contributed by atoms with Crippen LogP contribution in [-0.2, 0) is 0 Å². The van der Waals surface area contributed by atoms with E-state index < -0.39 is 0 Å². The molecule has 0 aromatic heterocycles. The zero-order valence-corrected chi connectivity index (χ0v) is 13.8. The monoisotopic (exact) mass is 342 g/mol. The van der Waals surface area contributed by atoms with Crippen molar-refractivity contribution in [3.05, 3.63) is 22.2 Å². The first-order valence-corrected chi connectivity index (χ1v) is 7.86. The van der Waals surface area contributed by atoms with Gasteiger partial charge in [-0.2, -0.15) is 0 Å². The van der Waals surface area contributed by atoms with Crippen molar-refractivity contribution >= 4 is 15.9 Å². The summed E-state index contributed by atoms with van der Waals surface area (Å²) in [6.07, 6.45) is 3.82. The second-order valence-electron chi connectivity index (χ2n) is 5.08. The van der Waals surface area contributed by atoms with Crippen molar-refractivity contribution in [3.8, 4) is 11.5 Å². The molecule has 0 aliphatic carbocycles. The fourth-order valence-corrected chi connectivity index (χ4v) is 3.41. The molecule has 0 spiro atoms. The van der Waals surface area contributed by atoms with Gasteiger partial charge in [-0.05, 0) is 43.6 Å². The normalized spacial score (nSPS) is 17.8. The second-order valence-corrected chi connectivity index (χ2v) is 5.93. The van der Waals surface area contributed by atoms with Crippen LogP contribution >= 0.6 is 15.9 Å². The minimum absolute atomic E-state index is 0.226. The Bertz CT molecular complexity index is 448. The summed E-state index contributed by atoms with van der Waals surface area (Å²) in [4.78, 5) is 2.47. The molecule has 1 fully saturated rings. The Morgan fingerprint density at radius 2 is 1.75 bits per heavy atom. The van der Waals surface area contributed by atoms with Gasteiger partial charge in [-0.25, -0.2) is 0 Å². The topological polar surface area (TPSA) is 47.7 Å². The smallest absolute Gasteiger partial charge is 0.161 e. The van der Waals surface area contributed by atoms with Gasteiger partial charge >= 0.3 is 0 Å². The Kier molecular flexibility index (Phi) is 5.69. The van der Waals surface area contributed by atoms with Crippen LogP contribution in [0.4, 0.5) is 0 Å². The summed E-state index contributed by atoms with van der Waals surface area (Å²) < 4.78 is 11.8. The number of likely N-dealkylation sites (tertiary alicyclic amines) is 1. The molecule has 0 saturated carbocycles. The Morgan fingerprint density at radius 1 is 1.15 bits per heavy atom. The third-order valence-electron chi connectivity index (χ3n) is 3.92. The lowest BCUT2D eigenvalue weighted by molar-refractivity contribution is 0.166. The predicted octanol–water partition coefficient (Wildman–Crippen LogP) is 2.95. The number of nitrogens with zero attached hydrogens (tertiary/aromatic N) is 1. The lowest BCUT2D eigenvalue weighted by atomic mass is 10.0. The van der Waals surface area contributed by atoms with E-state index in [1.54, 1.807) is 14.2 Å². The number of nitrogens with two attached hydrogens (primary N) is 1. The number of methoxy groups -OCH3 is 2. The average Bonchev–Trinajstić information content (AvgIpc) is 2.50. The van der Waals surface area contributed by atoms with Crippen LogP contribution in [0.1, 0.15) is 30.9 Å². The lowest BCUT2D eigenvalue weighted by Gasteiger charge is -2.34. The van der Waals surface area contributed by atoms with E-state index in [1.165, 1.54) is 24.8 Å². The summed E-state index contributed by atoms with van der Waals surface area (Å²) >= 11 is 3.64. The molecule has 20 heavy (non-hydrogen) atoms. The summed E-state index contributed by atoms with van der Waals surface area (Å²) in [6, 6.07) is 4.22. The van der Waals surface area contributed by atoms with E-state index in [1.807, 2.05) is 12.1 Å². The molecule has 0 bridgehead atoms. The van der Waals surface area contributed by atoms with E-state index in [2.05, 4.69) is 20.8 Å². The first kappa shape index (κ1) is 15.6. The molecule has 5 heteroatoms. The van der Waals surface area contributed by atoms with Gasteiger partial charge in [-0.15, -0.1) is 0 Å². The molecular weight excluding hydrogens is 320 g/mol. The van der Waals surface area contributed by atoms with Crippen molar-refractivity contribution in [1.82, 2.24) is 4.90 Å². The molecule has 2 N–H and O–H groups in total. The van der Waals surface area contributed by atoms with Gasteiger partial charge in [0.1, 0.15) is 0 Å². The van der Waals surface area contributed by atoms with Crippen LogP contribution < -0.4 is 15.2 Å². The van der Waals surface area contributed by atoms with Crippen molar-refractivity contribution in [1.29, 1.82) is 0 Å². The SMILES string of the molecule is COc1cc(Br)c(C(CN)N2CCCCC2)cc1OC. The zero-order chi connectivity index (χ0) is 14.5. The number of ether oxygens (including phenoxy) is 2. The van der Waals surface area contributed by atoms with Gasteiger partial charge in [0, 0.05) is 17.1 Å². The average molecular weight is 343 g/mol. The standard InChI is InChI=1S/C15H23BrN2O2/c1-19-14-8-11(12(16)9-15(14)20-2)13(10-17)18-6-4-3-5-7-18/h8-9,13H,3-7,10,17H2,1-2H3. The van der Waals surface area contributed by atoms with Crippen LogP contribution in [0.15, 0.2) is 16.6 Å². The molecule has 1 atom stereocenters. The Labute approximate surface area is 129 Å². The first-order valence-electron chi connectivity index (χ1n) is 7.06. The zero-order valence-electron chi connectivity index (χ0n) is 12.2. The molecular formula is C15H23BrN2O2. The van der Waals surface area contributed by atoms with Crippen molar-refractivity contribution in [3.63, 3.8) is 0 Å². The highest BCUT2D eigenvalue weighted by Crippen LogP contribution is 2.38. The number of hydrogen-bond acceptors (Lipinski definition) is 4. The molecule has 2 rings (SSSR count). The molecule has 1 unspecified atom stereocenters. The van der Waals surface area contributed by atoms with E-state index >= 15 is 0 Å². The highest BCUT2D eigenvalue weighted by Gasteiger charge is 2.24. The maximum absolute atomic E-state index is 6.03. The minimum atomic E-state index is 0.226. The molecule has 4 nitrogen and oxygen atoms in total. The molecule has 0 amide bonds. The largest absolute Gasteiger partial charge is 0.493 e. The Hall–Kier alpha value is -0.780. The van der Waals surface area contributed by atoms with Gasteiger partial charge in [-0.3, -0.25) is 4.90 Å². The van der Waals surface area contributed by atoms with Crippen LogP contribution in [0.5, 0.6) is 11.5 Å². The maximum atomic E-state index is 6.03. The third-order valence-corrected chi connectivity index (χ3v) is 4.60. The Balaban J connectivity index is 2.33. The van der Waals surface area contributed by atoms with Crippen LogP contribution in [0, 0.1) is 0 Å². The number of rotatable bonds is 5. The highest BCUT2D eigenvalue weighted by molar-refractivity contribution is 9.10. The van der Waals surface area contributed by atoms with Gasteiger partial charge in [0.05, 0.1) is 14.2 Å². The van der Waals surface area contributed by atoms with Crippen LogP contribution in [0.25, 0.3) is 0 Å².